The number of carbonyl (C=O) groups is 3. The Bertz CT molecular complexity index is 1160. The van der Waals surface area contributed by atoms with E-state index < -0.39 is 18.4 Å². The molecule has 8 nitrogen and oxygen atoms in total. The molecule has 0 fully saturated rings. The Morgan fingerprint density at radius 1 is 1.09 bits per heavy atom. The number of nitrogens with one attached hydrogen (secondary N) is 2. The Morgan fingerprint density at radius 3 is 2.44 bits per heavy atom. The van der Waals surface area contributed by atoms with Gasteiger partial charge in [-0.15, -0.1) is 0 Å². The zero-order valence-corrected chi connectivity index (χ0v) is 18.4. The fourth-order valence-electron chi connectivity index (χ4n) is 3.24. The van der Waals surface area contributed by atoms with Crippen molar-refractivity contribution in [2.75, 3.05) is 11.9 Å². The van der Waals surface area contributed by atoms with Crippen LogP contribution in [-0.2, 0) is 11.2 Å². The highest BCUT2D eigenvalue weighted by atomic mass is 35.5. The van der Waals surface area contributed by atoms with Gasteiger partial charge in [0.05, 0.1) is 23.1 Å². The molecule has 1 aromatic heterocycles. The van der Waals surface area contributed by atoms with Crippen molar-refractivity contribution >= 4 is 35.1 Å². The first kappa shape index (κ1) is 23.0. The number of carboxylic acids is 1. The van der Waals surface area contributed by atoms with Crippen molar-refractivity contribution in [2.45, 2.75) is 26.7 Å². The van der Waals surface area contributed by atoms with Crippen molar-refractivity contribution in [3.63, 3.8) is 0 Å². The molecule has 0 spiro atoms. The van der Waals surface area contributed by atoms with Crippen molar-refractivity contribution < 1.29 is 19.5 Å². The van der Waals surface area contributed by atoms with Gasteiger partial charge in [0.1, 0.15) is 6.54 Å². The molecular weight excluding hydrogens is 432 g/mol. The molecule has 166 valence electrons. The van der Waals surface area contributed by atoms with Crippen LogP contribution in [0.4, 0.5) is 5.69 Å². The van der Waals surface area contributed by atoms with Gasteiger partial charge in [-0.2, -0.15) is 5.10 Å². The summed E-state index contributed by atoms with van der Waals surface area (Å²) < 4.78 is 1.73. The van der Waals surface area contributed by atoms with Crippen LogP contribution in [0.5, 0.6) is 0 Å². The van der Waals surface area contributed by atoms with Crippen LogP contribution in [0.3, 0.4) is 0 Å². The number of carboxylic acid groups (broad SMARTS) is 1. The predicted molar refractivity (Wildman–Crippen MR) is 122 cm³/mol. The molecule has 3 rings (SSSR count). The quantitative estimate of drug-likeness (QED) is 0.478. The molecule has 0 aliphatic rings. The van der Waals surface area contributed by atoms with E-state index in [1.807, 2.05) is 19.1 Å². The normalized spacial score (nSPS) is 10.6. The molecule has 2 amide bonds. The Balaban J connectivity index is 1.82. The lowest BCUT2D eigenvalue weighted by Gasteiger charge is -2.12. The Labute approximate surface area is 190 Å². The molecule has 0 bridgehead atoms. The third kappa shape index (κ3) is 5.33. The standard InChI is InChI=1S/C23H23ClN4O4/c1-3-4-20-18(12-26-28(20)17-8-6-16(24)7-9-17)23(32)27-19-10-5-15(11-14(19)2)22(31)25-13-21(29)30/h5-12H,3-4,13H2,1-2H3,(H,25,31)(H,27,32)(H,29,30). The van der Waals surface area contributed by atoms with Crippen molar-refractivity contribution in [3.05, 3.63) is 76.1 Å². The third-order valence-corrected chi connectivity index (χ3v) is 5.06. The lowest BCUT2D eigenvalue weighted by Crippen LogP contribution is -2.29. The number of aromatic nitrogens is 2. The summed E-state index contributed by atoms with van der Waals surface area (Å²) >= 11 is 5.98. The number of aliphatic carboxylic acids is 1. The van der Waals surface area contributed by atoms with Gasteiger partial charge >= 0.3 is 5.97 Å². The summed E-state index contributed by atoms with van der Waals surface area (Å²) in [5.74, 6) is -1.93. The molecule has 0 atom stereocenters. The largest absolute Gasteiger partial charge is 0.480 e. The van der Waals surface area contributed by atoms with Gasteiger partial charge in [-0.05, 0) is 61.4 Å². The highest BCUT2D eigenvalue weighted by Gasteiger charge is 2.19. The summed E-state index contributed by atoms with van der Waals surface area (Å²) in [4.78, 5) is 35.7. The molecule has 9 heteroatoms. The number of hydrogen-bond donors (Lipinski definition) is 3. The van der Waals surface area contributed by atoms with Gasteiger partial charge in [-0.25, -0.2) is 4.68 Å². The molecule has 32 heavy (non-hydrogen) atoms. The monoisotopic (exact) mass is 454 g/mol. The average molecular weight is 455 g/mol. The molecule has 0 unspecified atom stereocenters. The second-order valence-electron chi connectivity index (χ2n) is 7.20. The molecular formula is C23H23ClN4O4. The molecule has 1 heterocycles. The number of hydrogen-bond acceptors (Lipinski definition) is 4. The number of nitrogens with zero attached hydrogens (tertiary/aromatic N) is 2. The minimum Gasteiger partial charge on any atom is -0.480 e. The molecule has 0 radical (unpaired) electrons. The number of anilines is 1. The lowest BCUT2D eigenvalue weighted by molar-refractivity contribution is -0.135. The highest BCUT2D eigenvalue weighted by molar-refractivity contribution is 6.30. The molecule has 0 saturated carbocycles. The Kier molecular flexibility index (Phi) is 7.27. The van der Waals surface area contributed by atoms with E-state index in [0.717, 1.165) is 17.8 Å². The smallest absolute Gasteiger partial charge is 0.322 e. The molecule has 3 N–H and O–H groups in total. The van der Waals surface area contributed by atoms with E-state index >= 15 is 0 Å². The number of rotatable bonds is 8. The van der Waals surface area contributed by atoms with Gasteiger partial charge in [-0.1, -0.05) is 24.9 Å². The van der Waals surface area contributed by atoms with Crippen LogP contribution in [-0.4, -0.2) is 39.2 Å². The van der Waals surface area contributed by atoms with Crippen molar-refractivity contribution in [1.29, 1.82) is 0 Å². The highest BCUT2D eigenvalue weighted by Crippen LogP contribution is 2.22. The number of carbonyl (C=O) groups excluding carboxylic acids is 2. The number of amides is 2. The number of halogens is 1. The predicted octanol–water partition coefficient (Wildman–Crippen LogP) is 3.85. The molecule has 2 aromatic carbocycles. The van der Waals surface area contributed by atoms with Crippen LogP contribution in [0.2, 0.25) is 5.02 Å². The topological polar surface area (TPSA) is 113 Å². The molecule has 3 aromatic rings. The van der Waals surface area contributed by atoms with E-state index in [9.17, 15) is 14.4 Å². The summed E-state index contributed by atoms with van der Waals surface area (Å²) in [5, 5.41) is 18.9. The van der Waals surface area contributed by atoms with E-state index in [2.05, 4.69) is 15.7 Å². The van der Waals surface area contributed by atoms with Crippen molar-refractivity contribution in [3.8, 4) is 5.69 Å². The minimum atomic E-state index is -1.12. The average Bonchev–Trinajstić information content (AvgIpc) is 3.18. The summed E-state index contributed by atoms with van der Waals surface area (Å²) in [6, 6.07) is 12.0. The SMILES string of the molecule is CCCc1c(C(=O)Nc2ccc(C(=O)NCC(=O)O)cc2C)cnn1-c1ccc(Cl)cc1. The molecule has 0 aliphatic carbocycles. The van der Waals surface area contributed by atoms with E-state index in [-0.39, 0.29) is 5.91 Å². The maximum absolute atomic E-state index is 13.0. The zero-order valence-electron chi connectivity index (χ0n) is 17.7. The van der Waals surface area contributed by atoms with E-state index in [0.29, 0.717) is 33.8 Å². The second kappa shape index (κ2) is 10.1. The first-order chi connectivity index (χ1) is 15.3. The number of benzene rings is 2. The molecule has 0 saturated heterocycles. The van der Waals surface area contributed by atoms with Crippen LogP contribution >= 0.6 is 11.6 Å². The van der Waals surface area contributed by atoms with Gasteiger partial charge in [0.15, 0.2) is 0 Å². The second-order valence-corrected chi connectivity index (χ2v) is 7.64. The lowest BCUT2D eigenvalue weighted by atomic mass is 10.1. The number of aryl methyl sites for hydroxylation is 1. The fraction of sp³-hybridized carbons (Fsp3) is 0.217. The Morgan fingerprint density at radius 2 is 1.81 bits per heavy atom. The van der Waals surface area contributed by atoms with Crippen LogP contribution in [0.25, 0.3) is 5.69 Å². The summed E-state index contributed by atoms with van der Waals surface area (Å²) in [5.41, 5.74) is 3.59. The van der Waals surface area contributed by atoms with Crippen molar-refractivity contribution in [1.82, 2.24) is 15.1 Å². The van der Waals surface area contributed by atoms with E-state index in [4.69, 9.17) is 16.7 Å². The van der Waals surface area contributed by atoms with E-state index in [1.165, 1.54) is 12.3 Å². The maximum atomic E-state index is 13.0. The van der Waals surface area contributed by atoms with Crippen molar-refractivity contribution in [2.24, 2.45) is 0 Å². The van der Waals surface area contributed by atoms with Gasteiger partial charge in [0, 0.05) is 16.3 Å². The minimum absolute atomic E-state index is 0.306. The zero-order chi connectivity index (χ0) is 23.3. The summed E-state index contributed by atoms with van der Waals surface area (Å²) in [6.45, 7) is 3.32. The van der Waals surface area contributed by atoms with Gasteiger partial charge in [-0.3, -0.25) is 14.4 Å². The van der Waals surface area contributed by atoms with Crippen LogP contribution in [0, 0.1) is 6.92 Å². The van der Waals surface area contributed by atoms with E-state index in [1.54, 1.807) is 35.9 Å². The molecule has 0 aliphatic heterocycles. The fourth-order valence-corrected chi connectivity index (χ4v) is 3.36. The van der Waals surface area contributed by atoms with Crippen LogP contribution in [0.15, 0.2) is 48.7 Å². The third-order valence-electron chi connectivity index (χ3n) is 4.81. The first-order valence-corrected chi connectivity index (χ1v) is 10.4. The summed E-state index contributed by atoms with van der Waals surface area (Å²) in [6.07, 6.45) is 3.03. The first-order valence-electron chi connectivity index (χ1n) is 10.0. The summed E-state index contributed by atoms with van der Waals surface area (Å²) in [7, 11) is 0. The van der Waals surface area contributed by atoms with Gasteiger partial charge in [0.25, 0.3) is 11.8 Å². The van der Waals surface area contributed by atoms with Crippen LogP contribution < -0.4 is 10.6 Å². The van der Waals surface area contributed by atoms with Gasteiger partial charge < -0.3 is 15.7 Å². The van der Waals surface area contributed by atoms with Gasteiger partial charge in [0.2, 0.25) is 0 Å². The Hall–Kier alpha value is -3.65. The van der Waals surface area contributed by atoms with Crippen LogP contribution in [0.1, 0.15) is 45.3 Å². The maximum Gasteiger partial charge on any atom is 0.322 e.